The molecule has 27 heavy (non-hydrogen) atoms. The quantitative estimate of drug-likeness (QED) is 0.470. The third-order valence-corrected chi connectivity index (χ3v) is 7.29. The number of hydrogen-bond acceptors (Lipinski definition) is 2. The molecule has 2 saturated heterocycles. The summed E-state index contributed by atoms with van der Waals surface area (Å²) < 4.78 is 0. The monoisotopic (exact) mass is 444 g/mol. The molecule has 2 aromatic heterocycles. The first kappa shape index (κ1) is 22.9. The van der Waals surface area contributed by atoms with Gasteiger partial charge in [0.2, 0.25) is 0 Å². The van der Waals surface area contributed by atoms with Crippen LogP contribution < -0.4 is 34.6 Å². The lowest BCUT2D eigenvalue weighted by atomic mass is 9.91. The van der Waals surface area contributed by atoms with E-state index in [1.807, 2.05) is 32.5 Å². The fourth-order valence-corrected chi connectivity index (χ4v) is 5.74. The molecule has 6 heteroatoms. The summed E-state index contributed by atoms with van der Waals surface area (Å²) in [6.45, 7) is 8.23. The van der Waals surface area contributed by atoms with Crippen LogP contribution in [-0.4, -0.2) is 39.3 Å². The Kier molecular flexibility index (Phi) is 9.85. The van der Waals surface area contributed by atoms with Gasteiger partial charge in [-0.25, -0.2) is 0 Å². The van der Waals surface area contributed by atoms with Gasteiger partial charge in [-0.3, -0.25) is 0 Å². The molecule has 2 aromatic rings. The van der Waals surface area contributed by atoms with E-state index < -0.39 is 0 Å². The summed E-state index contributed by atoms with van der Waals surface area (Å²) in [7, 11) is 0. The van der Waals surface area contributed by atoms with E-state index in [1.165, 1.54) is 88.1 Å². The maximum atomic E-state index is 2.32. The van der Waals surface area contributed by atoms with Crippen LogP contribution in [0.1, 0.15) is 43.2 Å². The van der Waals surface area contributed by atoms with Gasteiger partial charge in [0.05, 0.1) is 26.2 Å². The van der Waals surface area contributed by atoms with Crippen molar-refractivity contribution in [1.29, 1.82) is 0 Å². The molecule has 2 N–H and O–H groups in total. The van der Waals surface area contributed by atoms with E-state index in [9.17, 15) is 0 Å². The minimum Gasteiger partial charge on any atom is -1.00 e. The van der Waals surface area contributed by atoms with Gasteiger partial charge >= 0.3 is 0 Å². The smallest absolute Gasteiger partial charge is 0.127 e. The van der Waals surface area contributed by atoms with Gasteiger partial charge in [0, 0.05) is 12.8 Å². The van der Waals surface area contributed by atoms with Crippen LogP contribution in [0.3, 0.4) is 0 Å². The zero-order valence-corrected chi connectivity index (χ0v) is 19.0. The number of quaternary nitrogens is 2. The Morgan fingerprint density at radius 1 is 0.741 bits per heavy atom. The second-order valence-electron chi connectivity index (χ2n) is 7.56. The fourth-order valence-electron chi connectivity index (χ4n) is 4.45. The topological polar surface area (TPSA) is 8.88 Å². The average molecular weight is 446 g/mol. The van der Waals surface area contributed by atoms with Crippen molar-refractivity contribution < 1.29 is 34.6 Å². The summed E-state index contributed by atoms with van der Waals surface area (Å²) >= 11 is 3.63. The molecular formula is C21H30Cl2N2S2. The Balaban J connectivity index is 0.00000131. The lowest BCUT2D eigenvalue weighted by Gasteiger charge is -2.29. The average Bonchev–Trinajstić information content (AvgIpc) is 3.37. The molecule has 2 fully saturated rings. The third-order valence-electron chi connectivity index (χ3n) is 5.93. The lowest BCUT2D eigenvalue weighted by Crippen LogP contribution is -3.21. The molecule has 4 heterocycles. The van der Waals surface area contributed by atoms with E-state index in [0.717, 1.165) is 0 Å². The minimum absolute atomic E-state index is 0. The minimum atomic E-state index is 0. The molecule has 150 valence electrons. The molecule has 0 aromatic carbocycles. The predicted molar refractivity (Wildman–Crippen MR) is 109 cm³/mol. The molecule has 0 bridgehead atoms. The summed E-state index contributed by atoms with van der Waals surface area (Å²) in [6, 6.07) is 4.59. The molecule has 0 amide bonds. The lowest BCUT2D eigenvalue weighted by molar-refractivity contribution is -0.960. The highest BCUT2D eigenvalue weighted by atomic mass is 35.5. The fraction of sp³-hybridized carbons (Fsp3) is 0.524. The number of nitrogens with one attached hydrogen (secondary N) is 2. The molecule has 0 radical (unpaired) electrons. The van der Waals surface area contributed by atoms with E-state index in [2.05, 4.69) is 33.7 Å². The van der Waals surface area contributed by atoms with E-state index in [4.69, 9.17) is 0 Å². The van der Waals surface area contributed by atoms with Crippen molar-refractivity contribution in [2.24, 2.45) is 0 Å². The van der Waals surface area contributed by atoms with Gasteiger partial charge in [0.15, 0.2) is 0 Å². The standard InChI is InChI=1S/C21H28N2S2.2ClH/c1-2-8-22(9-3-1)12-13-23-10-4-18(5-11-23)21(19-6-14-24-16-19)20-7-15-25-17-20;;/h6-7,14-17H,1-5,8-13H2;2*1H. The Hall–Kier alpha value is -0.360. The highest BCUT2D eigenvalue weighted by Crippen LogP contribution is 2.32. The predicted octanol–water partition coefficient (Wildman–Crippen LogP) is -3.63. The zero-order valence-electron chi connectivity index (χ0n) is 15.8. The second kappa shape index (κ2) is 11.6. The van der Waals surface area contributed by atoms with Crippen LogP contribution in [0.2, 0.25) is 0 Å². The molecule has 0 spiro atoms. The van der Waals surface area contributed by atoms with Gasteiger partial charge in [-0.2, -0.15) is 22.7 Å². The molecule has 4 rings (SSSR count). The SMILES string of the molecule is [Cl-].[Cl-].c1cc(C(=C2CC[NH+](CC[NH+]3CCCCC3)CC2)c2ccsc2)cs1. The number of likely N-dealkylation sites (tertiary alicyclic amines) is 2. The second-order valence-corrected chi connectivity index (χ2v) is 9.12. The van der Waals surface area contributed by atoms with Crippen LogP contribution in [0, 0.1) is 0 Å². The molecule has 2 aliphatic heterocycles. The van der Waals surface area contributed by atoms with Gasteiger partial charge in [0.25, 0.3) is 0 Å². The van der Waals surface area contributed by atoms with Crippen LogP contribution in [0.15, 0.2) is 39.2 Å². The summed E-state index contributed by atoms with van der Waals surface area (Å²) in [6.07, 6.45) is 6.89. The normalized spacial score (nSPS) is 20.6. The van der Waals surface area contributed by atoms with Crippen molar-refractivity contribution in [3.63, 3.8) is 0 Å². The van der Waals surface area contributed by atoms with Crippen LogP contribution in [0.5, 0.6) is 0 Å². The van der Waals surface area contributed by atoms with Crippen molar-refractivity contribution in [2.45, 2.75) is 32.1 Å². The maximum Gasteiger partial charge on any atom is 0.127 e. The summed E-state index contributed by atoms with van der Waals surface area (Å²) in [5.74, 6) is 0. The van der Waals surface area contributed by atoms with Crippen LogP contribution in [0.25, 0.3) is 5.57 Å². The van der Waals surface area contributed by atoms with Crippen molar-refractivity contribution in [1.82, 2.24) is 0 Å². The van der Waals surface area contributed by atoms with Gasteiger partial charge in [0.1, 0.15) is 13.1 Å². The number of rotatable bonds is 5. The van der Waals surface area contributed by atoms with Crippen LogP contribution in [0.4, 0.5) is 0 Å². The largest absolute Gasteiger partial charge is 1.00 e. The Morgan fingerprint density at radius 3 is 1.74 bits per heavy atom. The van der Waals surface area contributed by atoms with Crippen molar-refractivity contribution >= 4 is 28.2 Å². The number of hydrogen-bond donors (Lipinski definition) is 2. The first-order valence-corrected chi connectivity index (χ1v) is 11.7. The molecule has 2 aliphatic rings. The Labute approximate surface area is 184 Å². The van der Waals surface area contributed by atoms with Crippen molar-refractivity contribution in [3.8, 4) is 0 Å². The van der Waals surface area contributed by atoms with E-state index >= 15 is 0 Å². The number of piperidine rings is 2. The van der Waals surface area contributed by atoms with Gasteiger partial charge in [-0.15, -0.1) is 0 Å². The zero-order chi connectivity index (χ0) is 16.9. The highest BCUT2D eigenvalue weighted by Gasteiger charge is 2.23. The molecular weight excluding hydrogens is 415 g/mol. The van der Waals surface area contributed by atoms with Crippen LogP contribution in [-0.2, 0) is 0 Å². The first-order valence-electron chi connectivity index (χ1n) is 9.84. The molecule has 0 aliphatic carbocycles. The summed E-state index contributed by atoms with van der Waals surface area (Å²) in [5, 5.41) is 9.06. The van der Waals surface area contributed by atoms with Gasteiger partial charge in [-0.05, 0) is 69.6 Å². The molecule has 0 saturated carbocycles. The van der Waals surface area contributed by atoms with Crippen molar-refractivity contribution in [3.05, 3.63) is 50.4 Å². The maximum absolute atomic E-state index is 2.32. The summed E-state index contributed by atoms with van der Waals surface area (Å²) in [5.41, 5.74) is 6.08. The molecule has 2 nitrogen and oxygen atoms in total. The summed E-state index contributed by atoms with van der Waals surface area (Å²) in [4.78, 5) is 3.69. The van der Waals surface area contributed by atoms with Gasteiger partial charge in [-0.1, -0.05) is 5.57 Å². The molecule has 0 atom stereocenters. The third kappa shape index (κ3) is 6.06. The van der Waals surface area contributed by atoms with Crippen LogP contribution >= 0.6 is 22.7 Å². The first-order chi connectivity index (χ1) is 12.4. The highest BCUT2D eigenvalue weighted by molar-refractivity contribution is 7.08. The number of halogens is 2. The van der Waals surface area contributed by atoms with E-state index in [1.54, 1.807) is 5.57 Å². The number of thiophene rings is 2. The molecule has 0 unspecified atom stereocenters. The van der Waals surface area contributed by atoms with E-state index in [-0.39, 0.29) is 24.8 Å². The van der Waals surface area contributed by atoms with Crippen molar-refractivity contribution in [2.75, 3.05) is 39.3 Å². The Morgan fingerprint density at radius 2 is 1.26 bits per heavy atom. The Bertz CT molecular complexity index is 631. The van der Waals surface area contributed by atoms with E-state index in [0.29, 0.717) is 0 Å². The van der Waals surface area contributed by atoms with Gasteiger partial charge < -0.3 is 34.6 Å².